The molecule has 1 spiro atoms. The van der Waals surface area contributed by atoms with Crippen molar-refractivity contribution >= 4 is 17.5 Å². The number of rotatable bonds is 3. The number of ether oxygens (including phenoxy) is 1. The third kappa shape index (κ3) is 3.49. The molecule has 130 valence electrons. The highest BCUT2D eigenvalue weighted by atomic mass is 16.5. The number of nitrogens with zero attached hydrogens (tertiary/aromatic N) is 3. The third-order valence-electron chi connectivity index (χ3n) is 5.08. The molecule has 0 unspecified atom stereocenters. The van der Waals surface area contributed by atoms with Crippen LogP contribution in [0.1, 0.15) is 36.0 Å². The van der Waals surface area contributed by atoms with Gasteiger partial charge in [-0.2, -0.15) is 0 Å². The van der Waals surface area contributed by atoms with Crippen molar-refractivity contribution in [1.82, 2.24) is 14.9 Å². The van der Waals surface area contributed by atoms with Crippen LogP contribution in [0.2, 0.25) is 0 Å². The predicted molar refractivity (Wildman–Crippen MR) is 94.8 cm³/mol. The van der Waals surface area contributed by atoms with Gasteiger partial charge in [-0.3, -0.25) is 4.79 Å². The Morgan fingerprint density at radius 1 is 1.08 bits per heavy atom. The molecule has 1 amide bonds. The zero-order chi connectivity index (χ0) is 17.1. The number of anilines is 2. The van der Waals surface area contributed by atoms with E-state index in [-0.39, 0.29) is 11.5 Å². The molecule has 2 aliphatic rings. The van der Waals surface area contributed by atoms with Crippen molar-refractivity contribution in [1.29, 1.82) is 0 Å². The standard InChI is InChI=1S/C19H22N4O2/c24-17(23-10-8-19(9-11-23)7-4-12-25-19)15-13-20-18(21-14-15)22-16-5-2-1-3-6-16/h1-3,5-6,13-14H,4,7-12H2,(H,20,21,22). The van der Waals surface area contributed by atoms with Crippen molar-refractivity contribution in [2.75, 3.05) is 25.0 Å². The molecule has 0 bridgehead atoms. The molecule has 2 aliphatic heterocycles. The summed E-state index contributed by atoms with van der Waals surface area (Å²) in [5.74, 6) is 0.485. The van der Waals surface area contributed by atoms with Gasteiger partial charge in [0, 0.05) is 37.8 Å². The molecular weight excluding hydrogens is 316 g/mol. The Balaban J connectivity index is 1.38. The van der Waals surface area contributed by atoms with Gasteiger partial charge in [0.05, 0.1) is 11.2 Å². The molecular formula is C19H22N4O2. The average molecular weight is 338 g/mol. The summed E-state index contributed by atoms with van der Waals surface area (Å²) in [6.07, 6.45) is 7.30. The van der Waals surface area contributed by atoms with Crippen LogP contribution in [0.25, 0.3) is 0 Å². The normalized spacial score (nSPS) is 19.1. The summed E-state index contributed by atoms with van der Waals surface area (Å²) in [6.45, 7) is 2.34. The van der Waals surface area contributed by atoms with E-state index in [0.29, 0.717) is 11.5 Å². The lowest BCUT2D eigenvalue weighted by atomic mass is 9.88. The fourth-order valence-corrected chi connectivity index (χ4v) is 3.60. The summed E-state index contributed by atoms with van der Waals surface area (Å²) < 4.78 is 5.92. The number of likely N-dealkylation sites (tertiary alicyclic amines) is 1. The van der Waals surface area contributed by atoms with E-state index in [2.05, 4.69) is 15.3 Å². The lowest BCUT2D eigenvalue weighted by molar-refractivity contribution is -0.0387. The van der Waals surface area contributed by atoms with E-state index in [9.17, 15) is 4.79 Å². The zero-order valence-corrected chi connectivity index (χ0v) is 14.1. The van der Waals surface area contributed by atoms with Crippen LogP contribution in [0.5, 0.6) is 0 Å². The summed E-state index contributed by atoms with van der Waals surface area (Å²) in [5, 5.41) is 3.12. The first kappa shape index (κ1) is 16.0. The van der Waals surface area contributed by atoms with Crippen LogP contribution in [0, 0.1) is 0 Å². The zero-order valence-electron chi connectivity index (χ0n) is 14.1. The summed E-state index contributed by atoms with van der Waals surface area (Å²) in [4.78, 5) is 23.1. The molecule has 3 heterocycles. The topological polar surface area (TPSA) is 67.4 Å². The SMILES string of the molecule is O=C(c1cnc(Nc2ccccc2)nc1)N1CCC2(CCCO2)CC1. The molecule has 6 nitrogen and oxygen atoms in total. The molecule has 0 radical (unpaired) electrons. The maximum absolute atomic E-state index is 12.7. The molecule has 0 atom stereocenters. The Labute approximate surface area is 147 Å². The molecule has 0 saturated carbocycles. The van der Waals surface area contributed by atoms with Crippen LogP contribution >= 0.6 is 0 Å². The summed E-state index contributed by atoms with van der Waals surface area (Å²) >= 11 is 0. The molecule has 6 heteroatoms. The molecule has 2 fully saturated rings. The summed E-state index contributed by atoms with van der Waals surface area (Å²) in [5.41, 5.74) is 1.47. The average Bonchev–Trinajstić information content (AvgIpc) is 3.11. The van der Waals surface area contributed by atoms with Gasteiger partial charge in [0.2, 0.25) is 5.95 Å². The third-order valence-corrected chi connectivity index (χ3v) is 5.08. The van der Waals surface area contributed by atoms with Gasteiger partial charge in [0.15, 0.2) is 0 Å². The van der Waals surface area contributed by atoms with Gasteiger partial charge < -0.3 is 15.0 Å². The van der Waals surface area contributed by atoms with Crippen molar-refractivity contribution in [2.45, 2.75) is 31.3 Å². The van der Waals surface area contributed by atoms with Gasteiger partial charge in [-0.05, 0) is 37.8 Å². The summed E-state index contributed by atoms with van der Waals surface area (Å²) in [6, 6.07) is 9.72. The van der Waals surface area contributed by atoms with Crippen molar-refractivity contribution < 1.29 is 9.53 Å². The molecule has 25 heavy (non-hydrogen) atoms. The predicted octanol–water partition coefficient (Wildman–Crippen LogP) is 3.01. The van der Waals surface area contributed by atoms with Gasteiger partial charge in [0.1, 0.15) is 0 Å². The number of benzene rings is 1. The molecule has 1 N–H and O–H groups in total. The van der Waals surface area contributed by atoms with Crippen LogP contribution in [0.15, 0.2) is 42.7 Å². The number of para-hydroxylation sites is 1. The van der Waals surface area contributed by atoms with Crippen LogP contribution < -0.4 is 5.32 Å². The molecule has 1 aromatic carbocycles. The van der Waals surface area contributed by atoms with E-state index in [0.717, 1.165) is 51.1 Å². The number of aromatic nitrogens is 2. The largest absolute Gasteiger partial charge is 0.375 e. The minimum Gasteiger partial charge on any atom is -0.375 e. The Morgan fingerprint density at radius 3 is 2.44 bits per heavy atom. The number of carbonyl (C=O) groups is 1. The Kier molecular flexibility index (Phi) is 4.36. The first-order valence-corrected chi connectivity index (χ1v) is 8.82. The van der Waals surface area contributed by atoms with E-state index in [1.807, 2.05) is 35.2 Å². The van der Waals surface area contributed by atoms with Gasteiger partial charge >= 0.3 is 0 Å². The van der Waals surface area contributed by atoms with Crippen LogP contribution in [0.4, 0.5) is 11.6 Å². The van der Waals surface area contributed by atoms with Crippen LogP contribution in [-0.2, 0) is 4.74 Å². The van der Waals surface area contributed by atoms with Gasteiger partial charge in [-0.25, -0.2) is 9.97 Å². The van der Waals surface area contributed by atoms with Crippen molar-refractivity contribution in [2.24, 2.45) is 0 Å². The van der Waals surface area contributed by atoms with Gasteiger partial charge in [0.25, 0.3) is 5.91 Å². The monoisotopic (exact) mass is 338 g/mol. The fraction of sp³-hybridized carbons (Fsp3) is 0.421. The van der Waals surface area contributed by atoms with E-state index < -0.39 is 0 Å². The highest BCUT2D eigenvalue weighted by Gasteiger charge is 2.39. The Hall–Kier alpha value is -2.47. The Bertz CT molecular complexity index is 717. The molecule has 2 aromatic rings. The Morgan fingerprint density at radius 2 is 1.80 bits per heavy atom. The maximum atomic E-state index is 12.7. The van der Waals surface area contributed by atoms with Gasteiger partial charge in [-0.1, -0.05) is 18.2 Å². The smallest absolute Gasteiger partial charge is 0.256 e. The molecule has 2 saturated heterocycles. The van der Waals surface area contributed by atoms with Crippen molar-refractivity contribution in [3.63, 3.8) is 0 Å². The van der Waals surface area contributed by atoms with E-state index >= 15 is 0 Å². The van der Waals surface area contributed by atoms with E-state index in [4.69, 9.17) is 4.74 Å². The number of hydrogen-bond acceptors (Lipinski definition) is 5. The second-order valence-electron chi connectivity index (χ2n) is 6.71. The molecule has 0 aliphatic carbocycles. The van der Waals surface area contributed by atoms with Crippen LogP contribution in [0.3, 0.4) is 0 Å². The minimum absolute atomic E-state index is 0.000826. The van der Waals surface area contributed by atoms with Gasteiger partial charge in [-0.15, -0.1) is 0 Å². The molecule has 1 aromatic heterocycles. The second kappa shape index (κ2) is 6.80. The highest BCUT2D eigenvalue weighted by Crippen LogP contribution is 2.35. The first-order valence-electron chi connectivity index (χ1n) is 8.82. The van der Waals surface area contributed by atoms with Crippen LogP contribution in [-0.4, -0.2) is 46.1 Å². The van der Waals surface area contributed by atoms with Crippen molar-refractivity contribution in [3.05, 3.63) is 48.3 Å². The quantitative estimate of drug-likeness (QED) is 0.932. The number of piperidine rings is 1. The fourth-order valence-electron chi connectivity index (χ4n) is 3.60. The summed E-state index contributed by atoms with van der Waals surface area (Å²) in [7, 11) is 0. The second-order valence-corrected chi connectivity index (χ2v) is 6.71. The minimum atomic E-state index is -0.000826. The van der Waals surface area contributed by atoms with E-state index in [1.165, 1.54) is 0 Å². The first-order chi connectivity index (χ1) is 12.2. The maximum Gasteiger partial charge on any atom is 0.256 e. The number of hydrogen-bond donors (Lipinski definition) is 1. The lowest BCUT2D eigenvalue weighted by Crippen LogP contribution is -2.46. The number of nitrogens with one attached hydrogen (secondary N) is 1. The molecule has 4 rings (SSSR count). The van der Waals surface area contributed by atoms with E-state index in [1.54, 1.807) is 12.4 Å². The number of carbonyl (C=O) groups excluding carboxylic acids is 1. The van der Waals surface area contributed by atoms with Crippen molar-refractivity contribution in [3.8, 4) is 0 Å². The number of amides is 1. The lowest BCUT2D eigenvalue weighted by Gasteiger charge is -2.38. The highest BCUT2D eigenvalue weighted by molar-refractivity contribution is 5.93.